The van der Waals surface area contributed by atoms with Crippen molar-refractivity contribution in [3.05, 3.63) is 96.2 Å². The highest BCUT2D eigenvalue weighted by atomic mass is 32.2. The number of hydrogen-bond acceptors (Lipinski definition) is 11. The fourth-order valence-electron chi connectivity index (χ4n) is 6.17. The largest absolute Gasteiger partial charge is 0.496 e. The summed E-state index contributed by atoms with van der Waals surface area (Å²) in [6.45, 7) is 6.19. The lowest BCUT2D eigenvalue weighted by Gasteiger charge is -2.29. The van der Waals surface area contributed by atoms with Crippen molar-refractivity contribution in [2.24, 2.45) is 5.73 Å². The molecule has 0 radical (unpaired) electrons. The Balaban J connectivity index is 1.39. The Labute approximate surface area is 342 Å². The number of aromatic nitrogens is 1. The Morgan fingerprint density at radius 3 is 2.29 bits per heavy atom. The van der Waals surface area contributed by atoms with Gasteiger partial charge in [0.15, 0.2) is 5.75 Å². The molecule has 0 fully saturated rings. The summed E-state index contributed by atoms with van der Waals surface area (Å²) in [4.78, 5) is 42.5. The lowest BCUT2D eigenvalue weighted by molar-refractivity contribution is -0.142. The van der Waals surface area contributed by atoms with Crippen molar-refractivity contribution in [3.63, 3.8) is 0 Å². The van der Waals surface area contributed by atoms with Gasteiger partial charge < -0.3 is 40.4 Å². The second kappa shape index (κ2) is 18.8. The van der Waals surface area contributed by atoms with Gasteiger partial charge in [0.1, 0.15) is 29.7 Å². The first-order valence-electron chi connectivity index (χ1n) is 18.5. The molecule has 59 heavy (non-hydrogen) atoms. The van der Waals surface area contributed by atoms with E-state index in [0.29, 0.717) is 70.2 Å². The summed E-state index contributed by atoms with van der Waals surface area (Å²) in [7, 11) is -0.879. The summed E-state index contributed by atoms with van der Waals surface area (Å²) >= 11 is 0. The quantitative estimate of drug-likeness (QED) is 0.0550. The fraction of sp³-hybridized carbons (Fsp3) is 0.286. The summed E-state index contributed by atoms with van der Waals surface area (Å²) in [5.41, 5.74) is 8.09. The SMILES string of the molecule is COc1cc(Nc2cc(Oc3ccc(N(C(N)=O)c4cc(C(C)(C)C)cc(NS(C)(=O)=O)c4OC)c4ccccc34)ccn2)ccc1C(=O)NCCCCOCC(=O)O. The van der Waals surface area contributed by atoms with Crippen molar-refractivity contribution in [2.45, 2.75) is 39.0 Å². The number of fused-ring (bicyclic) bond motifs is 1. The number of nitrogens with one attached hydrogen (secondary N) is 3. The van der Waals surface area contributed by atoms with E-state index in [9.17, 15) is 22.8 Å². The number of unbranched alkanes of at least 4 members (excludes halogenated alkanes) is 1. The number of hydrogen-bond donors (Lipinski definition) is 5. The molecule has 16 nitrogen and oxygen atoms in total. The molecule has 4 aromatic carbocycles. The number of pyridine rings is 1. The molecule has 1 heterocycles. The van der Waals surface area contributed by atoms with Gasteiger partial charge >= 0.3 is 12.0 Å². The number of anilines is 5. The maximum atomic E-state index is 13.4. The van der Waals surface area contributed by atoms with Gasteiger partial charge in [-0.25, -0.2) is 23.0 Å². The van der Waals surface area contributed by atoms with Gasteiger partial charge in [0.05, 0.1) is 43.1 Å². The zero-order chi connectivity index (χ0) is 42.9. The highest BCUT2D eigenvalue weighted by molar-refractivity contribution is 7.92. The number of urea groups is 1. The van der Waals surface area contributed by atoms with Crippen LogP contribution < -0.4 is 40.2 Å². The summed E-state index contributed by atoms with van der Waals surface area (Å²) in [5.74, 6) is 0.442. The van der Waals surface area contributed by atoms with Crippen LogP contribution in [-0.4, -0.2) is 76.6 Å². The van der Waals surface area contributed by atoms with E-state index in [1.165, 1.54) is 19.1 Å². The van der Waals surface area contributed by atoms with Crippen LogP contribution in [0, 0.1) is 0 Å². The number of amides is 3. The lowest BCUT2D eigenvalue weighted by atomic mass is 9.86. The second-order valence-electron chi connectivity index (χ2n) is 14.4. The minimum Gasteiger partial charge on any atom is -0.496 e. The number of nitrogens with two attached hydrogens (primary N) is 1. The molecule has 0 atom stereocenters. The van der Waals surface area contributed by atoms with E-state index in [0.717, 1.165) is 11.8 Å². The number of benzene rings is 4. The van der Waals surface area contributed by atoms with Gasteiger partial charge in [0, 0.05) is 47.9 Å². The van der Waals surface area contributed by atoms with Crippen molar-refractivity contribution in [1.29, 1.82) is 0 Å². The van der Waals surface area contributed by atoms with E-state index in [1.807, 2.05) is 45.0 Å². The lowest BCUT2D eigenvalue weighted by Crippen LogP contribution is -2.32. The Morgan fingerprint density at radius 2 is 1.63 bits per heavy atom. The van der Waals surface area contributed by atoms with Crippen LogP contribution in [0.25, 0.3) is 10.8 Å². The number of methoxy groups -OCH3 is 2. The van der Waals surface area contributed by atoms with Crippen LogP contribution in [-0.2, 0) is 25.0 Å². The normalized spacial score (nSPS) is 11.4. The maximum absolute atomic E-state index is 13.4. The number of carbonyl (C=O) groups is 3. The monoisotopic (exact) mass is 828 g/mol. The number of ether oxygens (including phenoxy) is 4. The number of aliphatic carboxylic acids is 1. The number of carboxylic acid groups (broad SMARTS) is 1. The third-order valence-electron chi connectivity index (χ3n) is 8.90. The maximum Gasteiger partial charge on any atom is 0.329 e. The fourth-order valence-corrected chi connectivity index (χ4v) is 6.72. The summed E-state index contributed by atoms with van der Waals surface area (Å²) in [5, 5.41) is 16.0. The van der Waals surface area contributed by atoms with E-state index in [4.69, 9.17) is 29.8 Å². The first kappa shape index (κ1) is 43.5. The van der Waals surface area contributed by atoms with Crippen molar-refractivity contribution >= 4 is 67.3 Å². The Bertz CT molecular complexity index is 2450. The van der Waals surface area contributed by atoms with E-state index < -0.39 is 27.4 Å². The Morgan fingerprint density at radius 1 is 0.881 bits per heavy atom. The van der Waals surface area contributed by atoms with Gasteiger partial charge in [-0.2, -0.15) is 0 Å². The molecule has 0 saturated heterocycles. The van der Waals surface area contributed by atoms with Crippen LogP contribution in [0.1, 0.15) is 49.5 Å². The van der Waals surface area contributed by atoms with Crippen LogP contribution in [0.3, 0.4) is 0 Å². The number of carbonyl (C=O) groups excluding carboxylic acids is 2. The van der Waals surface area contributed by atoms with Crippen LogP contribution in [0.2, 0.25) is 0 Å². The van der Waals surface area contributed by atoms with Crippen LogP contribution in [0.15, 0.2) is 85.1 Å². The number of nitrogens with zero attached hydrogens (tertiary/aromatic N) is 2. The molecule has 6 N–H and O–H groups in total. The number of rotatable bonds is 18. The average Bonchev–Trinajstić information content (AvgIpc) is 3.17. The van der Waals surface area contributed by atoms with Gasteiger partial charge in [0.2, 0.25) is 10.0 Å². The summed E-state index contributed by atoms with van der Waals surface area (Å²) in [6, 6.07) is 21.7. The van der Waals surface area contributed by atoms with Crippen molar-refractivity contribution < 1.29 is 46.9 Å². The molecule has 0 aliphatic carbocycles. The summed E-state index contributed by atoms with van der Waals surface area (Å²) in [6.07, 6.45) is 3.81. The molecule has 1 aromatic heterocycles. The minimum absolute atomic E-state index is 0.105. The smallest absolute Gasteiger partial charge is 0.329 e. The van der Waals surface area contributed by atoms with Gasteiger partial charge in [0.25, 0.3) is 5.91 Å². The molecule has 0 saturated carbocycles. The van der Waals surface area contributed by atoms with E-state index in [-0.39, 0.29) is 36.2 Å². The van der Waals surface area contributed by atoms with Crippen molar-refractivity contribution in [1.82, 2.24) is 10.3 Å². The molecule has 0 aliphatic rings. The van der Waals surface area contributed by atoms with Gasteiger partial charge in [-0.1, -0.05) is 45.0 Å². The number of carboxylic acids is 1. The van der Waals surface area contributed by atoms with E-state index >= 15 is 0 Å². The van der Waals surface area contributed by atoms with Gasteiger partial charge in [-0.3, -0.25) is 14.4 Å². The Hall–Kier alpha value is -6.59. The molecule has 17 heteroatoms. The molecule has 0 bridgehead atoms. The van der Waals surface area contributed by atoms with Crippen molar-refractivity contribution in [3.8, 4) is 23.0 Å². The zero-order valence-corrected chi connectivity index (χ0v) is 34.4. The third kappa shape index (κ3) is 11.3. The van der Waals surface area contributed by atoms with E-state index in [2.05, 4.69) is 20.3 Å². The second-order valence-corrected chi connectivity index (χ2v) is 16.2. The highest BCUT2D eigenvalue weighted by Gasteiger charge is 2.28. The average molecular weight is 829 g/mol. The van der Waals surface area contributed by atoms with Crippen molar-refractivity contribution in [2.75, 3.05) is 55.2 Å². The number of sulfonamides is 1. The molecule has 0 spiro atoms. The standard InChI is InChI=1S/C42H48N6O10S/c1-42(2,3)26-21-32(47-59(6,53)54)39(56-5)34(22-26)48(41(43)52)33-15-16-35(30-12-8-7-11-29(30)33)58-28-17-19-44-37(24-28)46-27-13-14-31(36(23-27)55-4)40(51)45-18-9-10-20-57-25-38(49)50/h7-8,11-17,19,21-24,47H,9-10,18,20,25H2,1-6H3,(H2,43,52)(H,44,46)(H,45,51)(H,49,50). The van der Waals surface area contributed by atoms with Gasteiger partial charge in [-0.05, 0) is 66.3 Å². The summed E-state index contributed by atoms with van der Waals surface area (Å²) < 4.78 is 50.0. The van der Waals surface area contributed by atoms with Crippen LogP contribution in [0.5, 0.6) is 23.0 Å². The van der Waals surface area contributed by atoms with Crippen LogP contribution in [0.4, 0.5) is 33.4 Å². The van der Waals surface area contributed by atoms with Gasteiger partial charge in [-0.15, -0.1) is 0 Å². The molecule has 312 valence electrons. The number of primary amides is 1. The molecule has 3 amide bonds. The molecule has 5 rings (SSSR count). The first-order valence-corrected chi connectivity index (χ1v) is 20.4. The molecular formula is C42H48N6O10S. The predicted molar refractivity (Wildman–Crippen MR) is 226 cm³/mol. The first-order chi connectivity index (χ1) is 28.0. The molecule has 0 aliphatic heterocycles. The Kier molecular flexibility index (Phi) is 13.9. The molecule has 5 aromatic rings. The van der Waals surface area contributed by atoms with Crippen LogP contribution >= 0.6 is 0 Å². The topological polar surface area (TPSA) is 221 Å². The minimum atomic E-state index is -3.73. The highest BCUT2D eigenvalue weighted by Crippen LogP contribution is 2.46. The molecular weight excluding hydrogens is 781 g/mol. The predicted octanol–water partition coefficient (Wildman–Crippen LogP) is 7.28. The molecule has 0 unspecified atom stereocenters. The van der Waals surface area contributed by atoms with E-state index in [1.54, 1.807) is 60.8 Å². The zero-order valence-electron chi connectivity index (χ0n) is 33.6. The third-order valence-corrected chi connectivity index (χ3v) is 9.49.